The second kappa shape index (κ2) is 8.36. The summed E-state index contributed by atoms with van der Waals surface area (Å²) in [5, 5.41) is 37.9. The smallest absolute Gasteiger partial charge is 0.124 e. The summed E-state index contributed by atoms with van der Waals surface area (Å²) in [6, 6.07) is 5.20. The van der Waals surface area contributed by atoms with Crippen LogP contribution in [0.2, 0.25) is 0 Å². The van der Waals surface area contributed by atoms with Gasteiger partial charge in [-0.2, -0.15) is 0 Å². The molecule has 0 radical (unpaired) electrons. The molecule has 0 aliphatic carbocycles. The van der Waals surface area contributed by atoms with Gasteiger partial charge < -0.3 is 25.2 Å². The zero-order valence-electron chi connectivity index (χ0n) is 12.0. The molecule has 1 rings (SSSR count). The average Bonchev–Trinajstić information content (AvgIpc) is 2.50. The summed E-state index contributed by atoms with van der Waals surface area (Å²) < 4.78 is 5.14. The van der Waals surface area contributed by atoms with Gasteiger partial charge in [-0.3, -0.25) is 0 Å². The largest absolute Gasteiger partial charge is 0.496 e. The van der Waals surface area contributed by atoms with Gasteiger partial charge in [0.1, 0.15) is 18.0 Å². The minimum Gasteiger partial charge on any atom is -0.496 e. The van der Waals surface area contributed by atoms with E-state index in [1.165, 1.54) is 20.1 Å². The molecule has 0 amide bonds. The van der Waals surface area contributed by atoms with Crippen molar-refractivity contribution in [2.24, 2.45) is 0 Å². The summed E-state index contributed by atoms with van der Waals surface area (Å²) in [6.07, 6.45) is -1.03. The lowest BCUT2D eigenvalue weighted by atomic mass is 10.0. The number of hydrogen-bond acceptors (Lipinski definition) is 5. The van der Waals surface area contributed by atoms with Crippen LogP contribution >= 0.6 is 11.6 Å². The van der Waals surface area contributed by atoms with Crippen LogP contribution in [0.5, 0.6) is 5.75 Å². The van der Waals surface area contributed by atoms with Crippen molar-refractivity contribution in [1.82, 2.24) is 0 Å². The Morgan fingerprint density at radius 1 is 1.24 bits per heavy atom. The molecule has 0 spiro atoms. The van der Waals surface area contributed by atoms with E-state index in [1.54, 1.807) is 24.3 Å². The molecule has 118 valence electrons. The summed E-state index contributed by atoms with van der Waals surface area (Å²) in [4.78, 5) is 0. The molecule has 1 aromatic carbocycles. The van der Waals surface area contributed by atoms with E-state index in [4.69, 9.17) is 16.3 Å². The lowest BCUT2D eigenvalue weighted by molar-refractivity contribution is -0.0401. The molecule has 0 aliphatic rings. The Morgan fingerprint density at radius 3 is 2.43 bits per heavy atom. The molecule has 0 aliphatic heterocycles. The molecular formula is C15H21ClO5. The van der Waals surface area contributed by atoms with Crippen molar-refractivity contribution in [3.8, 4) is 5.75 Å². The molecule has 1 aromatic rings. The summed E-state index contributed by atoms with van der Waals surface area (Å²) >= 11 is 5.68. The summed E-state index contributed by atoms with van der Waals surface area (Å²) in [5.41, 5.74) is 1.22. The number of benzene rings is 1. The van der Waals surface area contributed by atoms with Crippen molar-refractivity contribution >= 4 is 17.7 Å². The Hall–Kier alpha value is -1.11. The molecular weight excluding hydrogens is 296 g/mol. The van der Waals surface area contributed by atoms with Crippen LogP contribution in [0.25, 0.3) is 6.08 Å². The predicted octanol–water partition coefficient (Wildman–Crippen LogP) is 0.911. The van der Waals surface area contributed by atoms with E-state index in [0.29, 0.717) is 16.9 Å². The Bertz CT molecular complexity index is 475. The van der Waals surface area contributed by atoms with Crippen molar-refractivity contribution < 1.29 is 25.2 Å². The van der Waals surface area contributed by atoms with Crippen molar-refractivity contribution in [1.29, 1.82) is 0 Å². The molecule has 0 aromatic heterocycles. The van der Waals surface area contributed by atoms with E-state index in [0.717, 1.165) is 0 Å². The maximum Gasteiger partial charge on any atom is 0.124 e. The lowest BCUT2D eigenvalue weighted by Crippen LogP contribution is -2.40. The van der Waals surface area contributed by atoms with E-state index in [2.05, 4.69) is 0 Å². The first-order valence-corrected chi connectivity index (χ1v) is 6.99. The Morgan fingerprint density at radius 2 is 1.90 bits per heavy atom. The summed E-state index contributed by atoms with van der Waals surface area (Å²) in [7, 11) is 1.50. The van der Waals surface area contributed by atoms with Crippen molar-refractivity contribution in [3.63, 3.8) is 0 Å². The molecule has 6 heteroatoms. The van der Waals surface area contributed by atoms with Crippen LogP contribution in [0, 0.1) is 0 Å². The topological polar surface area (TPSA) is 90.2 Å². The highest BCUT2D eigenvalue weighted by atomic mass is 35.5. The van der Waals surface area contributed by atoms with Gasteiger partial charge in [-0.15, -0.1) is 11.6 Å². The number of aliphatic hydroxyl groups excluding tert-OH is 4. The lowest BCUT2D eigenvalue weighted by Gasteiger charge is -2.22. The molecule has 4 N–H and O–H groups in total. The minimum atomic E-state index is -1.39. The fourth-order valence-corrected chi connectivity index (χ4v) is 2.04. The maximum absolute atomic E-state index is 9.84. The normalized spacial score (nSPS) is 17.5. The molecule has 0 fully saturated rings. The van der Waals surface area contributed by atoms with E-state index < -0.39 is 23.7 Å². The molecule has 5 nitrogen and oxygen atoms in total. The number of rotatable bonds is 7. The zero-order valence-corrected chi connectivity index (χ0v) is 12.7. The van der Waals surface area contributed by atoms with Crippen LogP contribution in [0.15, 0.2) is 24.3 Å². The molecule has 0 saturated heterocycles. The highest BCUT2D eigenvalue weighted by Gasteiger charge is 2.26. The van der Waals surface area contributed by atoms with Crippen LogP contribution in [-0.2, 0) is 6.61 Å². The summed E-state index contributed by atoms with van der Waals surface area (Å²) in [6.45, 7) is 1.31. The number of aliphatic hydroxyl groups is 4. The molecule has 4 atom stereocenters. The number of alkyl halides is 1. The van der Waals surface area contributed by atoms with Gasteiger partial charge in [-0.05, 0) is 18.6 Å². The number of halogens is 1. The standard InChI is InChI=1S/C15H21ClO5/c1-9(16)14(19)15(20)12(18)7-6-10-4-3-5-13(21-2)11(10)8-17/h3-7,9,12,14-15,17-20H,8H2,1-2H3/b7-6+/t9-,12+,14-,15+/m0/s1. The first kappa shape index (κ1) is 17.9. The Kier molecular flexibility index (Phi) is 7.14. The monoisotopic (exact) mass is 316 g/mol. The molecule has 21 heavy (non-hydrogen) atoms. The van der Waals surface area contributed by atoms with E-state index in [1.807, 2.05) is 0 Å². The van der Waals surface area contributed by atoms with Gasteiger partial charge in [0.15, 0.2) is 0 Å². The first-order chi connectivity index (χ1) is 9.92. The third kappa shape index (κ3) is 4.69. The maximum atomic E-state index is 9.84. The van der Waals surface area contributed by atoms with Gasteiger partial charge in [0.05, 0.1) is 25.2 Å². The molecule has 0 saturated carbocycles. The Labute approximate surface area is 129 Å². The van der Waals surface area contributed by atoms with Gasteiger partial charge in [-0.1, -0.05) is 24.3 Å². The molecule has 0 unspecified atom stereocenters. The summed E-state index contributed by atoms with van der Waals surface area (Å²) in [5.74, 6) is 0.532. The van der Waals surface area contributed by atoms with Crippen molar-refractivity contribution in [2.45, 2.75) is 37.2 Å². The van der Waals surface area contributed by atoms with Gasteiger partial charge in [0.25, 0.3) is 0 Å². The number of methoxy groups -OCH3 is 1. The quantitative estimate of drug-likeness (QED) is 0.561. The van der Waals surface area contributed by atoms with Crippen LogP contribution in [-0.4, -0.2) is 51.2 Å². The van der Waals surface area contributed by atoms with Gasteiger partial charge >= 0.3 is 0 Å². The van der Waals surface area contributed by atoms with Crippen LogP contribution in [0.1, 0.15) is 18.1 Å². The van der Waals surface area contributed by atoms with Gasteiger partial charge in [0, 0.05) is 5.56 Å². The van der Waals surface area contributed by atoms with Crippen molar-refractivity contribution in [3.05, 3.63) is 35.4 Å². The number of ether oxygens (including phenoxy) is 1. The van der Waals surface area contributed by atoms with E-state index in [9.17, 15) is 20.4 Å². The highest BCUT2D eigenvalue weighted by molar-refractivity contribution is 6.20. The molecule has 0 bridgehead atoms. The predicted molar refractivity (Wildman–Crippen MR) is 81.3 cm³/mol. The first-order valence-electron chi connectivity index (χ1n) is 6.55. The third-order valence-electron chi connectivity index (χ3n) is 3.19. The van der Waals surface area contributed by atoms with Crippen LogP contribution in [0.4, 0.5) is 0 Å². The Balaban J connectivity index is 2.90. The van der Waals surface area contributed by atoms with Gasteiger partial charge in [-0.25, -0.2) is 0 Å². The average molecular weight is 317 g/mol. The third-order valence-corrected chi connectivity index (χ3v) is 3.45. The fourth-order valence-electron chi connectivity index (χ4n) is 1.89. The van der Waals surface area contributed by atoms with E-state index in [-0.39, 0.29) is 6.61 Å². The fraction of sp³-hybridized carbons (Fsp3) is 0.467. The van der Waals surface area contributed by atoms with Crippen molar-refractivity contribution in [2.75, 3.05) is 7.11 Å². The number of hydrogen-bond donors (Lipinski definition) is 4. The second-order valence-corrected chi connectivity index (χ2v) is 5.38. The van der Waals surface area contributed by atoms with Crippen LogP contribution in [0.3, 0.4) is 0 Å². The van der Waals surface area contributed by atoms with Crippen LogP contribution < -0.4 is 4.74 Å². The zero-order chi connectivity index (χ0) is 16.0. The molecule has 0 heterocycles. The second-order valence-electron chi connectivity index (χ2n) is 4.69. The highest BCUT2D eigenvalue weighted by Crippen LogP contribution is 2.23. The SMILES string of the molecule is COc1cccc(/C=C/[C@@H](O)[C@@H](O)[C@@H](O)[C@H](C)Cl)c1CO. The van der Waals surface area contributed by atoms with Gasteiger partial charge in [0.2, 0.25) is 0 Å². The van der Waals surface area contributed by atoms with E-state index >= 15 is 0 Å². The minimum absolute atomic E-state index is 0.219.